The van der Waals surface area contributed by atoms with E-state index in [1.165, 1.54) is 134 Å². The van der Waals surface area contributed by atoms with Crippen molar-refractivity contribution in [2.24, 2.45) is 0 Å². The molecule has 0 bridgehead atoms. The van der Waals surface area contributed by atoms with E-state index in [-0.39, 0.29) is 75.5 Å². The molecule has 7 nitrogen and oxygen atoms in total. The minimum Gasteiger partial charge on any atom is -0.745 e. The zero-order valence-corrected chi connectivity index (χ0v) is 30.6. The maximum absolute atomic E-state index is 12.5. The number of carbonyl (C=O) groups is 2. The van der Waals surface area contributed by atoms with Crippen LogP contribution in [0.15, 0.2) is 24.3 Å². The van der Waals surface area contributed by atoms with Gasteiger partial charge in [-0.15, -0.1) is 0 Å². The van der Waals surface area contributed by atoms with Gasteiger partial charge in [-0.2, -0.15) is 0 Å². The summed E-state index contributed by atoms with van der Waals surface area (Å²) in [5.41, 5.74) is -1.93. The number of esters is 2. The largest absolute Gasteiger partial charge is 1.00 e. The van der Waals surface area contributed by atoms with E-state index >= 15 is 0 Å². The van der Waals surface area contributed by atoms with Crippen LogP contribution in [0.3, 0.4) is 0 Å². The number of benzene rings is 1. The topological polar surface area (TPSA) is 110 Å². The predicted molar refractivity (Wildman–Crippen MR) is 164 cm³/mol. The van der Waals surface area contributed by atoms with Crippen LogP contribution in [0.4, 0.5) is 0 Å². The van der Waals surface area contributed by atoms with Gasteiger partial charge in [-0.25, -0.2) is 18.0 Å². The molecule has 1 unspecified atom stereocenters. The van der Waals surface area contributed by atoms with Crippen molar-refractivity contribution in [3.63, 3.8) is 0 Å². The molecule has 1 rings (SSSR count). The maximum Gasteiger partial charge on any atom is 1.00 e. The first kappa shape index (κ1) is 41.7. The maximum atomic E-state index is 12.5. The fourth-order valence-electron chi connectivity index (χ4n) is 4.97. The molecule has 42 heavy (non-hydrogen) atoms. The average Bonchev–Trinajstić information content (AvgIpc) is 2.95. The molecule has 0 saturated heterocycles. The number of rotatable bonds is 26. The molecule has 0 saturated carbocycles. The summed E-state index contributed by atoms with van der Waals surface area (Å²) in [6, 6.07) is 5.87. The Bertz CT molecular complexity index is 936. The van der Waals surface area contributed by atoms with E-state index in [0.29, 0.717) is 0 Å². The average molecular weight is 635 g/mol. The third-order valence-electron chi connectivity index (χ3n) is 7.49. The van der Waals surface area contributed by atoms with Crippen molar-refractivity contribution in [2.45, 2.75) is 154 Å². The van der Waals surface area contributed by atoms with Crippen LogP contribution in [-0.2, 0) is 19.6 Å². The van der Waals surface area contributed by atoms with Crippen molar-refractivity contribution < 1.29 is 83.4 Å². The molecule has 0 fully saturated rings. The monoisotopic (exact) mass is 634 g/mol. The molecule has 236 valence electrons. The normalized spacial score (nSPS) is 12.0. The molecule has 0 N–H and O–H groups in total. The number of hydrogen-bond acceptors (Lipinski definition) is 7. The first-order valence-electron chi connectivity index (χ1n) is 16.2. The van der Waals surface area contributed by atoms with Crippen LogP contribution in [0.5, 0.6) is 0 Å². The molecule has 0 spiro atoms. The molecule has 0 radical (unpaired) electrons. The molecule has 0 aliphatic heterocycles. The zero-order chi connectivity index (χ0) is 30.2. The Hall–Kier alpha value is -0.294. The van der Waals surface area contributed by atoms with E-state index in [2.05, 4.69) is 6.92 Å². The smallest absolute Gasteiger partial charge is 0.745 e. The Kier molecular flexibility index (Phi) is 26.9. The van der Waals surface area contributed by atoms with Gasteiger partial charge in [0, 0.05) is 0 Å². The molecule has 1 aromatic rings. The summed E-state index contributed by atoms with van der Waals surface area (Å²) in [6.07, 6.45) is 25.8. The third-order valence-corrected chi connectivity index (χ3v) is 8.57. The summed E-state index contributed by atoms with van der Waals surface area (Å²) >= 11 is 0. The Morgan fingerprint density at radius 3 is 1.36 bits per heavy atom. The van der Waals surface area contributed by atoms with Gasteiger partial charge >= 0.3 is 63.3 Å². The van der Waals surface area contributed by atoms with Crippen LogP contribution in [0.25, 0.3) is 0 Å². The molecule has 0 aliphatic carbocycles. The summed E-state index contributed by atoms with van der Waals surface area (Å²) in [4.78, 5) is 24.9. The van der Waals surface area contributed by atoms with Crippen LogP contribution in [0, 0.1) is 0 Å². The fraction of sp³-hybridized carbons (Fsp3) is 0.758. The Balaban J connectivity index is 0.0000168. The number of unbranched alkanes of at least 4 members (excludes halogenated alkanes) is 19. The van der Waals surface area contributed by atoms with Crippen LogP contribution in [0.2, 0.25) is 0 Å². The third kappa shape index (κ3) is 20.6. The molecule has 1 aromatic carbocycles. The molecule has 0 aromatic heterocycles. The van der Waals surface area contributed by atoms with Crippen molar-refractivity contribution in [1.82, 2.24) is 0 Å². The van der Waals surface area contributed by atoms with Crippen molar-refractivity contribution in [3.05, 3.63) is 35.4 Å². The van der Waals surface area contributed by atoms with Crippen molar-refractivity contribution in [1.29, 1.82) is 0 Å². The summed E-state index contributed by atoms with van der Waals surface area (Å²) in [6.45, 7) is 3.94. The minimum absolute atomic E-state index is 0. The summed E-state index contributed by atoms with van der Waals surface area (Å²) < 4.78 is 43.9. The Morgan fingerprint density at radius 2 is 1.00 bits per heavy atom. The first-order valence-corrected chi connectivity index (χ1v) is 17.7. The number of ether oxygens (including phenoxy) is 2. The summed E-state index contributed by atoms with van der Waals surface area (Å²) in [7, 11) is -4.80. The zero-order valence-electron chi connectivity index (χ0n) is 26.7. The summed E-state index contributed by atoms with van der Waals surface area (Å²) in [5.74, 6) is -1.71. The van der Waals surface area contributed by atoms with Gasteiger partial charge in [0.05, 0.1) is 17.7 Å². The first-order chi connectivity index (χ1) is 19.8. The molecular formula is C33H55KO7S. The SMILES string of the molecule is CCCCCCCCCCCCCCCCCCCCCCOC(=O)c1ccccc1C(=O)OC(CC)S(=O)(=O)[O-].[K+]. The van der Waals surface area contributed by atoms with Crippen LogP contribution < -0.4 is 51.4 Å². The van der Waals surface area contributed by atoms with E-state index < -0.39 is 27.5 Å². The second-order valence-corrected chi connectivity index (χ2v) is 12.6. The summed E-state index contributed by atoms with van der Waals surface area (Å²) in [5, 5.41) is 0. The van der Waals surface area contributed by atoms with E-state index in [9.17, 15) is 22.6 Å². The second-order valence-electron chi connectivity index (χ2n) is 11.1. The molecule has 0 aliphatic rings. The van der Waals surface area contributed by atoms with Crippen LogP contribution >= 0.6 is 0 Å². The number of hydrogen-bond donors (Lipinski definition) is 0. The fourth-order valence-corrected chi connectivity index (χ4v) is 5.58. The second kappa shape index (κ2) is 27.1. The Labute approximate surface area is 298 Å². The van der Waals surface area contributed by atoms with E-state index in [1.54, 1.807) is 6.07 Å². The van der Waals surface area contributed by atoms with Gasteiger partial charge in [0.2, 0.25) is 0 Å². The number of carbonyl (C=O) groups excluding carboxylic acids is 2. The molecule has 1 atom stereocenters. The van der Waals surface area contributed by atoms with Gasteiger partial charge in [0.1, 0.15) is 10.1 Å². The van der Waals surface area contributed by atoms with Crippen molar-refractivity contribution >= 4 is 22.1 Å². The van der Waals surface area contributed by atoms with Crippen LogP contribution in [-0.4, -0.2) is 37.0 Å². The quantitative estimate of drug-likeness (QED) is 0.0524. The van der Waals surface area contributed by atoms with Crippen molar-refractivity contribution in [2.75, 3.05) is 6.61 Å². The van der Waals surface area contributed by atoms with Gasteiger partial charge < -0.3 is 14.0 Å². The van der Waals surface area contributed by atoms with Gasteiger partial charge in [0.15, 0.2) is 5.44 Å². The van der Waals surface area contributed by atoms with Crippen molar-refractivity contribution in [3.8, 4) is 0 Å². The van der Waals surface area contributed by atoms with E-state index in [0.717, 1.165) is 19.3 Å². The van der Waals surface area contributed by atoms with Crippen LogP contribution in [0.1, 0.15) is 169 Å². The van der Waals surface area contributed by atoms with Gasteiger partial charge in [0.25, 0.3) is 0 Å². The minimum atomic E-state index is -4.80. The Morgan fingerprint density at radius 1 is 0.643 bits per heavy atom. The van der Waals surface area contributed by atoms with Gasteiger partial charge in [-0.05, 0) is 25.0 Å². The van der Waals surface area contributed by atoms with Gasteiger partial charge in [-0.1, -0.05) is 148 Å². The predicted octanol–water partition coefficient (Wildman–Crippen LogP) is 6.11. The standard InChI is InChI=1S/C33H56O7S.K/c1-3-5-6-7-8-9-10-11-12-13-14-15-16-17-18-19-20-21-22-25-28-39-32(34)29-26-23-24-27-30(29)33(35)40-31(4-2)41(36,37)38;/h23-24,26-27,31H,3-22,25,28H2,1-2H3,(H,36,37,38);/q;+1/p-1. The molecular weight excluding hydrogens is 580 g/mol. The van der Waals surface area contributed by atoms with E-state index in [1.807, 2.05) is 0 Å². The van der Waals surface area contributed by atoms with E-state index in [4.69, 9.17) is 9.47 Å². The molecule has 0 heterocycles. The molecule has 9 heteroatoms. The van der Waals surface area contributed by atoms with Gasteiger partial charge in [-0.3, -0.25) is 0 Å². The molecule has 0 amide bonds.